The second-order valence-corrected chi connectivity index (χ2v) is 10.4. The van der Waals surface area contributed by atoms with Crippen molar-refractivity contribution in [3.05, 3.63) is 119 Å². The minimum atomic E-state index is -5.23. The van der Waals surface area contributed by atoms with Crippen molar-refractivity contribution in [2.24, 2.45) is 0 Å². The molecule has 3 aromatic carbocycles. The molecule has 0 aliphatic carbocycles. The summed E-state index contributed by atoms with van der Waals surface area (Å²) >= 11 is 0. The van der Waals surface area contributed by atoms with Gasteiger partial charge in [0.05, 0.1) is 7.11 Å². The zero-order valence-corrected chi connectivity index (χ0v) is 21.9. The zero-order valence-electron chi connectivity index (χ0n) is 21.1. The number of benzene rings is 3. The third kappa shape index (κ3) is 6.23. The Morgan fingerprint density at radius 2 is 1.43 bits per heavy atom. The van der Waals surface area contributed by atoms with Gasteiger partial charge in [-0.1, -0.05) is 42.5 Å². The molecule has 0 amide bonds. The van der Waals surface area contributed by atoms with Gasteiger partial charge in [0.15, 0.2) is 39.7 Å². The molecule has 210 valence electrons. The molecule has 0 unspecified atom stereocenters. The van der Waals surface area contributed by atoms with E-state index in [1.54, 1.807) is 18.2 Å². The van der Waals surface area contributed by atoms with Gasteiger partial charge in [-0.2, -0.15) is 4.31 Å². The second kappa shape index (κ2) is 12.4. The van der Waals surface area contributed by atoms with Crippen LogP contribution in [0.2, 0.25) is 0 Å². The van der Waals surface area contributed by atoms with E-state index in [0.717, 1.165) is 5.56 Å². The van der Waals surface area contributed by atoms with Crippen molar-refractivity contribution < 1.29 is 39.8 Å². The molecular formula is C28H23F5N2O4S. The Hall–Kier alpha value is -4.03. The molecule has 0 atom stereocenters. The number of pyridine rings is 1. The van der Waals surface area contributed by atoms with Crippen LogP contribution >= 0.6 is 0 Å². The summed E-state index contributed by atoms with van der Waals surface area (Å²) in [6, 6.07) is 18.7. The van der Waals surface area contributed by atoms with Gasteiger partial charge in [0.1, 0.15) is 6.61 Å². The number of aromatic nitrogens is 1. The molecular weight excluding hydrogens is 555 g/mol. The fourth-order valence-electron chi connectivity index (χ4n) is 3.88. The summed E-state index contributed by atoms with van der Waals surface area (Å²) < 4.78 is 109. The van der Waals surface area contributed by atoms with E-state index in [0.29, 0.717) is 21.3 Å². The highest BCUT2D eigenvalue weighted by Crippen LogP contribution is 2.32. The van der Waals surface area contributed by atoms with Crippen molar-refractivity contribution in [1.82, 2.24) is 9.29 Å². The van der Waals surface area contributed by atoms with Crippen LogP contribution < -0.4 is 9.47 Å². The molecule has 0 aliphatic rings. The monoisotopic (exact) mass is 578 g/mol. The lowest BCUT2D eigenvalue weighted by Crippen LogP contribution is -2.34. The molecule has 0 aliphatic heterocycles. The van der Waals surface area contributed by atoms with Crippen LogP contribution in [0, 0.1) is 29.1 Å². The van der Waals surface area contributed by atoms with Crippen LogP contribution in [0.1, 0.15) is 16.8 Å². The van der Waals surface area contributed by atoms with Crippen molar-refractivity contribution in [2.45, 2.75) is 24.5 Å². The minimum Gasteiger partial charge on any atom is -0.493 e. The average molecular weight is 579 g/mol. The van der Waals surface area contributed by atoms with E-state index in [1.807, 2.05) is 30.3 Å². The average Bonchev–Trinajstić information content (AvgIpc) is 2.97. The molecule has 4 aromatic rings. The Kier molecular flexibility index (Phi) is 9.00. The number of sulfonamides is 1. The molecule has 12 heteroatoms. The number of hydrogen-bond acceptors (Lipinski definition) is 5. The third-order valence-corrected chi connectivity index (χ3v) is 7.80. The maximum absolute atomic E-state index is 14.6. The van der Waals surface area contributed by atoms with Crippen molar-refractivity contribution in [1.29, 1.82) is 0 Å². The van der Waals surface area contributed by atoms with Crippen LogP contribution in [-0.2, 0) is 29.6 Å². The first-order valence-corrected chi connectivity index (χ1v) is 13.3. The van der Waals surface area contributed by atoms with Crippen molar-refractivity contribution in [3.63, 3.8) is 0 Å². The van der Waals surface area contributed by atoms with Gasteiger partial charge < -0.3 is 9.47 Å². The van der Waals surface area contributed by atoms with Gasteiger partial charge in [0.2, 0.25) is 15.8 Å². The summed E-state index contributed by atoms with van der Waals surface area (Å²) in [5, 5.41) is 0. The molecule has 0 bridgehead atoms. The van der Waals surface area contributed by atoms with E-state index in [9.17, 15) is 30.4 Å². The quantitative estimate of drug-likeness (QED) is 0.128. The van der Waals surface area contributed by atoms with Crippen molar-refractivity contribution in [2.75, 3.05) is 13.7 Å². The standard InChI is InChI=1S/C28H23F5N2O4S/c1-38-22-15-19(10-11-21(22)39-17-18-7-3-2-4-8-18)16-35(14-12-20-9-5-6-13-34-20)40(36,37)28-26(32)24(30)23(29)25(31)27(28)33/h2-11,13,15H,12,14,16-17H2,1H3. The summed E-state index contributed by atoms with van der Waals surface area (Å²) in [6.45, 7) is -0.640. The first-order valence-electron chi connectivity index (χ1n) is 11.9. The van der Waals surface area contributed by atoms with E-state index < -0.39 is 50.5 Å². The molecule has 0 N–H and O–H groups in total. The number of halogens is 5. The fraction of sp³-hybridized carbons (Fsp3) is 0.179. The second-order valence-electron chi connectivity index (χ2n) is 8.57. The van der Waals surface area contributed by atoms with E-state index in [-0.39, 0.29) is 25.3 Å². The summed E-state index contributed by atoms with van der Waals surface area (Å²) in [4.78, 5) is 2.17. The van der Waals surface area contributed by atoms with E-state index in [1.165, 1.54) is 31.5 Å². The van der Waals surface area contributed by atoms with E-state index >= 15 is 0 Å². The molecule has 0 spiro atoms. The summed E-state index contributed by atoms with van der Waals surface area (Å²) in [5.41, 5.74) is 1.64. The number of hydrogen-bond donors (Lipinski definition) is 0. The number of ether oxygens (including phenoxy) is 2. The van der Waals surface area contributed by atoms with Gasteiger partial charge in [-0.3, -0.25) is 4.98 Å². The zero-order chi connectivity index (χ0) is 28.9. The predicted octanol–water partition coefficient (Wildman–Crippen LogP) is 5.80. The molecule has 4 rings (SSSR count). The Labute approximate surface area is 227 Å². The molecule has 0 fully saturated rings. The largest absolute Gasteiger partial charge is 0.493 e. The third-order valence-electron chi connectivity index (χ3n) is 5.94. The van der Waals surface area contributed by atoms with Gasteiger partial charge in [-0.25, -0.2) is 30.4 Å². The lowest BCUT2D eigenvalue weighted by molar-refractivity contribution is 0.284. The fourth-order valence-corrected chi connectivity index (χ4v) is 5.42. The minimum absolute atomic E-state index is 0.00906. The maximum atomic E-state index is 14.6. The van der Waals surface area contributed by atoms with Crippen LogP contribution in [-0.4, -0.2) is 31.4 Å². The highest BCUT2D eigenvalue weighted by Gasteiger charge is 2.37. The molecule has 40 heavy (non-hydrogen) atoms. The maximum Gasteiger partial charge on any atom is 0.249 e. The van der Waals surface area contributed by atoms with Gasteiger partial charge in [-0.15, -0.1) is 0 Å². The summed E-state index contributed by atoms with van der Waals surface area (Å²) in [7, 11) is -3.86. The first-order chi connectivity index (χ1) is 19.1. The molecule has 0 radical (unpaired) electrons. The SMILES string of the molecule is COc1cc(CN(CCc2ccccn2)S(=O)(=O)c2c(F)c(F)c(F)c(F)c2F)ccc1OCc1ccccc1. The number of rotatable bonds is 11. The predicted molar refractivity (Wildman–Crippen MR) is 136 cm³/mol. The first kappa shape index (κ1) is 29.0. The Morgan fingerprint density at radius 1 is 0.775 bits per heavy atom. The van der Waals surface area contributed by atoms with Gasteiger partial charge in [0, 0.05) is 31.4 Å². The highest BCUT2D eigenvalue weighted by molar-refractivity contribution is 7.89. The normalized spacial score (nSPS) is 11.6. The molecule has 1 heterocycles. The van der Waals surface area contributed by atoms with Gasteiger partial charge in [0.25, 0.3) is 0 Å². The van der Waals surface area contributed by atoms with E-state index in [2.05, 4.69) is 4.98 Å². The topological polar surface area (TPSA) is 68.7 Å². The number of nitrogens with zero attached hydrogens (tertiary/aromatic N) is 2. The highest BCUT2D eigenvalue weighted by atomic mass is 32.2. The summed E-state index contributed by atoms with van der Waals surface area (Å²) in [5.74, 6) is -11.5. The van der Waals surface area contributed by atoms with Crippen LogP contribution in [0.25, 0.3) is 0 Å². The lowest BCUT2D eigenvalue weighted by atomic mass is 10.2. The van der Waals surface area contributed by atoms with Crippen molar-refractivity contribution >= 4 is 10.0 Å². The molecule has 0 saturated heterocycles. The van der Waals surface area contributed by atoms with Gasteiger partial charge >= 0.3 is 0 Å². The Balaban J connectivity index is 1.68. The van der Waals surface area contributed by atoms with E-state index in [4.69, 9.17) is 9.47 Å². The smallest absolute Gasteiger partial charge is 0.249 e. The molecule has 1 aromatic heterocycles. The van der Waals surface area contributed by atoms with Crippen LogP contribution in [0.5, 0.6) is 11.5 Å². The Morgan fingerprint density at radius 3 is 2.05 bits per heavy atom. The van der Waals surface area contributed by atoms with Crippen molar-refractivity contribution in [3.8, 4) is 11.5 Å². The van der Waals surface area contributed by atoms with Crippen LogP contribution in [0.15, 0.2) is 77.8 Å². The van der Waals surface area contributed by atoms with Crippen LogP contribution in [0.3, 0.4) is 0 Å². The molecule has 6 nitrogen and oxygen atoms in total. The Bertz CT molecular complexity index is 1560. The molecule has 0 saturated carbocycles. The van der Waals surface area contributed by atoms with Crippen LogP contribution in [0.4, 0.5) is 22.0 Å². The lowest BCUT2D eigenvalue weighted by Gasteiger charge is -2.23. The van der Waals surface area contributed by atoms with Gasteiger partial charge in [-0.05, 0) is 35.4 Å². The number of methoxy groups -OCH3 is 1. The summed E-state index contributed by atoms with van der Waals surface area (Å²) in [6.07, 6.45) is 1.46.